The van der Waals surface area contributed by atoms with E-state index in [-0.39, 0.29) is 25.7 Å². The lowest BCUT2D eigenvalue weighted by atomic mass is 10.00. The maximum Gasteiger partial charge on any atom is 0.472 e. The zero-order chi connectivity index (χ0) is 70.3. The van der Waals surface area contributed by atoms with Gasteiger partial charge in [-0.2, -0.15) is 0 Å². The van der Waals surface area contributed by atoms with Gasteiger partial charge in [0.2, 0.25) is 0 Å². The molecule has 6 atom stereocenters. The van der Waals surface area contributed by atoms with Crippen molar-refractivity contribution in [3.8, 4) is 0 Å². The molecule has 0 aliphatic rings. The third kappa shape index (κ3) is 69.0. The minimum atomic E-state index is -4.96. The van der Waals surface area contributed by atoms with E-state index in [0.717, 1.165) is 120 Å². The molecule has 0 spiro atoms. The lowest BCUT2D eigenvalue weighted by molar-refractivity contribution is -0.161. The Balaban J connectivity index is 5.21. The summed E-state index contributed by atoms with van der Waals surface area (Å²) in [7, 11) is -9.91. The van der Waals surface area contributed by atoms with E-state index in [1.165, 1.54) is 173 Å². The van der Waals surface area contributed by atoms with Crippen molar-refractivity contribution in [1.82, 2.24) is 0 Å². The number of phosphoric ester groups is 2. The van der Waals surface area contributed by atoms with Crippen LogP contribution in [-0.4, -0.2) is 96.7 Å². The highest BCUT2D eigenvalue weighted by Crippen LogP contribution is 2.45. The number of esters is 4. The second-order valence-electron chi connectivity index (χ2n) is 29.1. The number of hydrogen-bond donors (Lipinski definition) is 3. The molecule has 0 saturated heterocycles. The highest BCUT2D eigenvalue weighted by molar-refractivity contribution is 7.47. The van der Waals surface area contributed by atoms with Crippen LogP contribution in [-0.2, 0) is 65.4 Å². The van der Waals surface area contributed by atoms with Crippen molar-refractivity contribution >= 4 is 39.5 Å². The molecule has 0 aliphatic carbocycles. The Morgan fingerprint density at radius 3 is 0.747 bits per heavy atom. The summed E-state index contributed by atoms with van der Waals surface area (Å²) in [6.07, 6.45) is 50.1. The zero-order valence-corrected chi connectivity index (χ0v) is 64.1. The summed E-state index contributed by atoms with van der Waals surface area (Å²) in [5.74, 6) is 0.911. The largest absolute Gasteiger partial charge is 0.472 e. The first-order valence-corrected chi connectivity index (χ1v) is 42.2. The quantitative estimate of drug-likeness (QED) is 0.0222. The molecule has 0 aromatic heterocycles. The molecule has 0 heterocycles. The predicted molar refractivity (Wildman–Crippen MR) is 386 cm³/mol. The summed E-state index contributed by atoms with van der Waals surface area (Å²) < 4.78 is 68.5. The minimum absolute atomic E-state index is 0.106. The van der Waals surface area contributed by atoms with E-state index in [2.05, 4.69) is 55.4 Å². The van der Waals surface area contributed by atoms with Crippen LogP contribution in [0.4, 0.5) is 0 Å². The number of carbonyl (C=O) groups is 4. The van der Waals surface area contributed by atoms with E-state index in [9.17, 15) is 43.2 Å². The molecular formula is C76H148O17P2. The molecule has 19 heteroatoms. The van der Waals surface area contributed by atoms with Gasteiger partial charge >= 0.3 is 39.5 Å². The SMILES string of the molecule is CCC(C)CCCCCCCCC(=O)OC[C@H](COP(=O)(O)OCC(O)COP(=O)(O)OC[C@@H](COC(=O)CCCCCCCCCC(C)C)OC(=O)CCCCCCCCCCCCCCCCC(C)C)OC(=O)CCCCCCCCCCCCCCCCCC(C)C. The van der Waals surface area contributed by atoms with Crippen LogP contribution in [0.25, 0.3) is 0 Å². The first-order valence-electron chi connectivity index (χ1n) is 39.2. The summed E-state index contributed by atoms with van der Waals surface area (Å²) in [5, 5.41) is 10.6. The topological polar surface area (TPSA) is 237 Å². The van der Waals surface area contributed by atoms with Gasteiger partial charge in [-0.15, -0.1) is 0 Å². The fourth-order valence-electron chi connectivity index (χ4n) is 11.5. The Hall–Kier alpha value is -1.94. The van der Waals surface area contributed by atoms with Crippen LogP contribution in [0.1, 0.15) is 383 Å². The summed E-state index contributed by atoms with van der Waals surface area (Å²) in [4.78, 5) is 72.8. The number of hydrogen-bond acceptors (Lipinski definition) is 15. The van der Waals surface area contributed by atoms with Crippen LogP contribution in [0.5, 0.6) is 0 Å². The molecule has 0 amide bonds. The Morgan fingerprint density at radius 1 is 0.295 bits per heavy atom. The fraction of sp³-hybridized carbons (Fsp3) is 0.947. The minimum Gasteiger partial charge on any atom is -0.462 e. The van der Waals surface area contributed by atoms with Crippen molar-refractivity contribution in [3.05, 3.63) is 0 Å². The Kier molecular flexibility index (Phi) is 64.0. The maximum absolute atomic E-state index is 13.1. The standard InChI is InChI=1S/C76H148O17P2/c1-9-69(8)55-47-39-34-35-41-49-57-74(79)87-63-72(93-76(81)59-50-42-31-25-21-17-12-10-11-15-19-23-28-36-44-52-66(2)3)65-91-95(84,85)89-61-70(77)60-88-94(82,83)90-64-71(62-86-73(78)56-48-40-33-27-30-38-46-54-68(6)7)92-75(80)58-51-43-32-26-22-18-14-13-16-20-24-29-37-45-53-67(4)5/h66-72,77H,9-65H2,1-8H3,(H,82,83)(H,84,85)/t69?,70?,71-,72-/m1/s1. The first-order chi connectivity index (χ1) is 45.6. The van der Waals surface area contributed by atoms with Gasteiger partial charge in [0, 0.05) is 25.7 Å². The Bertz CT molecular complexity index is 1870. The highest BCUT2D eigenvalue weighted by Gasteiger charge is 2.30. The van der Waals surface area contributed by atoms with Crippen molar-refractivity contribution in [2.45, 2.75) is 401 Å². The average molecular weight is 1400 g/mol. The summed E-state index contributed by atoms with van der Waals surface area (Å²) in [5.41, 5.74) is 0. The molecule has 0 aromatic rings. The normalized spacial score (nSPS) is 14.4. The third-order valence-electron chi connectivity index (χ3n) is 17.9. The van der Waals surface area contributed by atoms with Crippen molar-refractivity contribution in [3.63, 3.8) is 0 Å². The van der Waals surface area contributed by atoms with Gasteiger partial charge in [-0.3, -0.25) is 37.3 Å². The maximum atomic E-state index is 13.1. The van der Waals surface area contributed by atoms with E-state index in [1.807, 2.05) is 0 Å². The summed E-state index contributed by atoms with van der Waals surface area (Å²) in [6, 6.07) is 0. The lowest BCUT2D eigenvalue weighted by Gasteiger charge is -2.21. The molecule has 17 nitrogen and oxygen atoms in total. The van der Waals surface area contributed by atoms with Gasteiger partial charge in [-0.25, -0.2) is 9.13 Å². The second kappa shape index (κ2) is 65.4. The lowest BCUT2D eigenvalue weighted by Crippen LogP contribution is -2.30. The van der Waals surface area contributed by atoms with E-state index in [4.69, 9.17) is 37.0 Å². The van der Waals surface area contributed by atoms with E-state index >= 15 is 0 Å². The second-order valence-corrected chi connectivity index (χ2v) is 32.0. The molecule has 0 fully saturated rings. The van der Waals surface area contributed by atoms with Gasteiger partial charge in [-0.1, -0.05) is 331 Å². The predicted octanol–water partition coefficient (Wildman–Crippen LogP) is 22.0. The monoisotopic (exact) mass is 1400 g/mol. The summed E-state index contributed by atoms with van der Waals surface area (Å²) >= 11 is 0. The van der Waals surface area contributed by atoms with Gasteiger partial charge in [-0.05, 0) is 49.4 Å². The molecule has 95 heavy (non-hydrogen) atoms. The number of carbonyl (C=O) groups excluding carboxylic acids is 4. The van der Waals surface area contributed by atoms with E-state index in [1.54, 1.807) is 0 Å². The zero-order valence-electron chi connectivity index (χ0n) is 62.3. The third-order valence-corrected chi connectivity index (χ3v) is 19.8. The number of aliphatic hydroxyl groups is 1. The molecule has 0 radical (unpaired) electrons. The fourth-order valence-corrected chi connectivity index (χ4v) is 13.1. The molecule has 0 bridgehead atoms. The Labute approximate surface area is 581 Å². The average Bonchev–Trinajstić information content (AvgIpc) is 1.49. The van der Waals surface area contributed by atoms with Crippen molar-refractivity contribution in [1.29, 1.82) is 0 Å². The molecular weight excluding hydrogens is 1250 g/mol. The van der Waals surface area contributed by atoms with Crippen LogP contribution in [0.15, 0.2) is 0 Å². The molecule has 3 N–H and O–H groups in total. The van der Waals surface area contributed by atoms with Crippen molar-refractivity contribution in [2.75, 3.05) is 39.6 Å². The van der Waals surface area contributed by atoms with Crippen LogP contribution in [0.3, 0.4) is 0 Å². The van der Waals surface area contributed by atoms with Crippen molar-refractivity contribution in [2.24, 2.45) is 23.7 Å². The smallest absolute Gasteiger partial charge is 0.462 e. The van der Waals surface area contributed by atoms with Gasteiger partial charge in [0.25, 0.3) is 0 Å². The molecule has 564 valence electrons. The van der Waals surface area contributed by atoms with Crippen molar-refractivity contribution < 1.29 is 80.2 Å². The number of ether oxygens (including phenoxy) is 4. The van der Waals surface area contributed by atoms with Gasteiger partial charge in [0.05, 0.1) is 26.4 Å². The molecule has 0 aromatic carbocycles. The number of aliphatic hydroxyl groups excluding tert-OH is 1. The van der Waals surface area contributed by atoms with Crippen LogP contribution >= 0.6 is 15.6 Å². The van der Waals surface area contributed by atoms with Gasteiger partial charge in [0.1, 0.15) is 19.3 Å². The molecule has 4 unspecified atom stereocenters. The molecule has 0 aliphatic heterocycles. The van der Waals surface area contributed by atoms with Crippen LogP contribution < -0.4 is 0 Å². The van der Waals surface area contributed by atoms with E-state index < -0.39 is 97.5 Å². The van der Waals surface area contributed by atoms with Gasteiger partial charge < -0.3 is 33.8 Å². The molecule has 0 rings (SSSR count). The first kappa shape index (κ1) is 93.1. The van der Waals surface area contributed by atoms with E-state index in [0.29, 0.717) is 31.6 Å². The highest BCUT2D eigenvalue weighted by atomic mass is 31.2. The van der Waals surface area contributed by atoms with Crippen LogP contribution in [0.2, 0.25) is 0 Å². The summed E-state index contributed by atoms with van der Waals surface area (Å²) in [6.45, 7) is 14.2. The number of phosphoric acid groups is 2. The molecule has 0 saturated carbocycles. The number of unbranched alkanes of at least 4 members (excludes halogenated alkanes) is 38. The number of rotatable bonds is 73. The Morgan fingerprint density at radius 2 is 0.505 bits per heavy atom. The van der Waals surface area contributed by atoms with Crippen LogP contribution in [0, 0.1) is 23.7 Å². The van der Waals surface area contributed by atoms with Gasteiger partial charge in [0.15, 0.2) is 12.2 Å².